The van der Waals surface area contributed by atoms with Crippen LogP contribution in [0.2, 0.25) is 3.43 Å². The van der Waals surface area contributed by atoms with Gasteiger partial charge in [-0.05, 0) is 0 Å². The molecular weight excluding hydrogens is 275 g/mol. The minimum absolute atomic E-state index is 0.593. The third-order valence-corrected chi connectivity index (χ3v) is 4.63. The molecule has 1 atom stereocenters. The zero-order chi connectivity index (χ0) is 11.0. The molecule has 0 saturated carbocycles. The van der Waals surface area contributed by atoms with Gasteiger partial charge in [-0.2, -0.15) is 0 Å². The van der Waals surface area contributed by atoms with Crippen LogP contribution in [0.25, 0.3) is 0 Å². The SMILES string of the molecule is CCCCCCCCC(C)[C](C)(C)[Sn]. The molecule has 0 aromatic carbocycles. The Morgan fingerprint density at radius 2 is 1.50 bits per heavy atom. The summed E-state index contributed by atoms with van der Waals surface area (Å²) in [6.07, 6.45) is 10.0. The minimum atomic E-state index is 0.593. The van der Waals surface area contributed by atoms with Gasteiger partial charge >= 0.3 is 105 Å². The molecular formula is C13H27Sn. The second kappa shape index (κ2) is 8.01. The molecule has 0 fully saturated rings. The average Bonchev–Trinajstić information content (AvgIpc) is 2.09. The Bertz CT molecular complexity index is 124. The Morgan fingerprint density at radius 3 is 2.00 bits per heavy atom. The van der Waals surface area contributed by atoms with Crippen LogP contribution in [0.1, 0.15) is 72.6 Å². The van der Waals surface area contributed by atoms with E-state index in [0.717, 1.165) is 5.92 Å². The summed E-state index contributed by atoms with van der Waals surface area (Å²) in [5, 5.41) is 0. The molecule has 0 heterocycles. The zero-order valence-corrected chi connectivity index (χ0v) is 13.4. The van der Waals surface area contributed by atoms with Crippen molar-refractivity contribution in [1.29, 1.82) is 0 Å². The van der Waals surface area contributed by atoms with Gasteiger partial charge in [-0.15, -0.1) is 0 Å². The van der Waals surface area contributed by atoms with Crippen LogP contribution >= 0.6 is 0 Å². The quantitative estimate of drug-likeness (QED) is 0.449. The molecule has 0 aliphatic heterocycles. The van der Waals surface area contributed by atoms with Crippen LogP contribution in [0.5, 0.6) is 0 Å². The van der Waals surface area contributed by atoms with Gasteiger partial charge in [0.05, 0.1) is 0 Å². The second-order valence-corrected chi connectivity index (χ2v) is 8.86. The molecule has 0 N–H and O–H groups in total. The van der Waals surface area contributed by atoms with Gasteiger partial charge in [0.2, 0.25) is 0 Å². The van der Waals surface area contributed by atoms with E-state index in [1.54, 1.807) is 22.5 Å². The van der Waals surface area contributed by atoms with Crippen molar-refractivity contribution in [2.75, 3.05) is 0 Å². The van der Waals surface area contributed by atoms with Crippen LogP contribution in [-0.2, 0) is 0 Å². The summed E-state index contributed by atoms with van der Waals surface area (Å²) in [4.78, 5) is 0. The van der Waals surface area contributed by atoms with Gasteiger partial charge < -0.3 is 0 Å². The van der Waals surface area contributed by atoms with Crippen LogP contribution in [0.4, 0.5) is 0 Å². The van der Waals surface area contributed by atoms with Crippen molar-refractivity contribution < 1.29 is 0 Å². The predicted octanol–water partition coefficient (Wildman–Crippen LogP) is 4.74. The molecule has 0 aliphatic rings. The van der Waals surface area contributed by atoms with Crippen molar-refractivity contribution in [2.24, 2.45) is 5.92 Å². The van der Waals surface area contributed by atoms with Crippen LogP contribution < -0.4 is 0 Å². The Morgan fingerprint density at radius 1 is 1.00 bits per heavy atom. The molecule has 3 radical (unpaired) electrons. The van der Waals surface area contributed by atoms with Crippen molar-refractivity contribution >= 4 is 22.5 Å². The van der Waals surface area contributed by atoms with Crippen LogP contribution in [-0.4, -0.2) is 22.5 Å². The van der Waals surface area contributed by atoms with Crippen molar-refractivity contribution in [3.05, 3.63) is 0 Å². The third kappa shape index (κ3) is 8.14. The van der Waals surface area contributed by atoms with E-state index in [2.05, 4.69) is 27.7 Å². The van der Waals surface area contributed by atoms with Crippen LogP contribution in [0.3, 0.4) is 0 Å². The van der Waals surface area contributed by atoms with E-state index in [1.165, 1.54) is 44.9 Å². The molecule has 0 amide bonds. The fourth-order valence-corrected chi connectivity index (χ4v) is 2.00. The first-order chi connectivity index (χ1) is 6.48. The zero-order valence-electron chi connectivity index (χ0n) is 10.5. The normalized spacial score (nSPS) is 14.4. The van der Waals surface area contributed by atoms with E-state index >= 15 is 0 Å². The van der Waals surface area contributed by atoms with Gasteiger partial charge in [-0.1, -0.05) is 0 Å². The summed E-state index contributed by atoms with van der Waals surface area (Å²) < 4.78 is 0.593. The van der Waals surface area contributed by atoms with E-state index in [1.807, 2.05) is 0 Å². The van der Waals surface area contributed by atoms with Gasteiger partial charge in [-0.25, -0.2) is 0 Å². The van der Waals surface area contributed by atoms with Crippen molar-refractivity contribution in [1.82, 2.24) is 0 Å². The Labute approximate surface area is 104 Å². The van der Waals surface area contributed by atoms with E-state index in [4.69, 9.17) is 0 Å². The topological polar surface area (TPSA) is 0 Å². The van der Waals surface area contributed by atoms with Crippen LogP contribution in [0.15, 0.2) is 0 Å². The molecule has 1 unspecified atom stereocenters. The molecule has 83 valence electrons. The van der Waals surface area contributed by atoms with E-state index in [0.29, 0.717) is 3.43 Å². The molecule has 0 nitrogen and oxygen atoms in total. The maximum absolute atomic E-state index is 2.42. The van der Waals surface area contributed by atoms with E-state index in [-0.39, 0.29) is 0 Å². The average molecular weight is 302 g/mol. The number of hydrogen-bond acceptors (Lipinski definition) is 0. The number of rotatable bonds is 8. The van der Waals surface area contributed by atoms with Gasteiger partial charge in [0, 0.05) is 0 Å². The van der Waals surface area contributed by atoms with Crippen molar-refractivity contribution in [2.45, 2.75) is 76.1 Å². The van der Waals surface area contributed by atoms with Gasteiger partial charge in [0.15, 0.2) is 0 Å². The van der Waals surface area contributed by atoms with Gasteiger partial charge in [0.25, 0.3) is 0 Å². The maximum atomic E-state index is 2.42. The fourth-order valence-electron chi connectivity index (χ4n) is 1.59. The molecule has 0 rings (SSSR count). The molecule has 0 bridgehead atoms. The molecule has 1 heteroatoms. The predicted molar refractivity (Wildman–Crippen MR) is 67.0 cm³/mol. The molecule has 0 saturated heterocycles. The van der Waals surface area contributed by atoms with Gasteiger partial charge in [0.1, 0.15) is 0 Å². The summed E-state index contributed by atoms with van der Waals surface area (Å²) in [6, 6.07) is 0. The van der Waals surface area contributed by atoms with E-state index < -0.39 is 0 Å². The number of unbranched alkanes of at least 4 members (excludes halogenated alkanes) is 5. The Kier molecular flexibility index (Phi) is 8.47. The second-order valence-electron chi connectivity index (χ2n) is 5.18. The molecule has 0 aromatic rings. The summed E-state index contributed by atoms with van der Waals surface area (Å²) in [7, 11) is 0. The monoisotopic (exact) mass is 303 g/mol. The van der Waals surface area contributed by atoms with Crippen molar-refractivity contribution in [3.8, 4) is 0 Å². The Balaban J connectivity index is 3.28. The summed E-state index contributed by atoms with van der Waals surface area (Å²) in [6.45, 7) is 9.49. The molecule has 0 aromatic heterocycles. The van der Waals surface area contributed by atoms with Crippen molar-refractivity contribution in [3.63, 3.8) is 0 Å². The number of hydrogen-bond donors (Lipinski definition) is 0. The molecule has 0 spiro atoms. The summed E-state index contributed by atoms with van der Waals surface area (Å²) >= 11 is 1.69. The fraction of sp³-hybridized carbons (Fsp3) is 1.00. The summed E-state index contributed by atoms with van der Waals surface area (Å²) in [5.74, 6) is 0.909. The standard InChI is InChI=1S/C13H27.Sn/c1-5-6-7-8-9-10-11-13(4)12(2)3;/h13H,5-11H2,1-4H3;. The molecule has 14 heavy (non-hydrogen) atoms. The third-order valence-electron chi connectivity index (χ3n) is 3.22. The first kappa shape index (κ1) is 14.8. The van der Waals surface area contributed by atoms with Gasteiger partial charge in [-0.3, -0.25) is 0 Å². The van der Waals surface area contributed by atoms with E-state index in [9.17, 15) is 0 Å². The summed E-state index contributed by atoms with van der Waals surface area (Å²) in [5.41, 5.74) is 0. The van der Waals surface area contributed by atoms with Crippen LogP contribution in [0, 0.1) is 5.92 Å². The first-order valence-corrected chi connectivity index (χ1v) is 7.66. The Hall–Kier alpha value is 0.799. The first-order valence-electron chi connectivity index (χ1n) is 6.23. The molecule has 0 aliphatic carbocycles.